The van der Waals surface area contributed by atoms with E-state index in [1.165, 1.54) is 38.5 Å². The van der Waals surface area contributed by atoms with Crippen LogP contribution in [0.2, 0.25) is 0 Å². The molecule has 3 rings (SSSR count). The van der Waals surface area contributed by atoms with Crippen molar-refractivity contribution in [2.24, 2.45) is 0 Å². The first-order chi connectivity index (χ1) is 14.6. The third kappa shape index (κ3) is 6.23. The maximum Gasteiger partial charge on any atom is 1.00 e. The Labute approximate surface area is 227 Å². The molecule has 32 heavy (non-hydrogen) atoms. The Morgan fingerprint density at radius 3 is 2.50 bits per heavy atom. The first-order valence-electron chi connectivity index (χ1n) is 8.89. The van der Waals surface area contributed by atoms with Gasteiger partial charge in [-0.15, -0.1) is 0 Å². The molecular formula is C20H19KO10S. The van der Waals surface area contributed by atoms with Crippen molar-refractivity contribution in [1.82, 2.24) is 0 Å². The summed E-state index contributed by atoms with van der Waals surface area (Å²) in [6, 6.07) is 7.45. The number of rotatable bonds is 7. The number of phenolic OH excluding ortho intramolecular Hbond substituents is 1. The first kappa shape index (κ1) is 26.6. The van der Waals surface area contributed by atoms with Gasteiger partial charge in [-0.3, -0.25) is 4.18 Å². The minimum atomic E-state index is -5.14. The van der Waals surface area contributed by atoms with Crippen LogP contribution < -0.4 is 65.6 Å². The van der Waals surface area contributed by atoms with Gasteiger partial charge in [-0.1, -0.05) is 0 Å². The number of aliphatic carboxylic acids is 1. The Morgan fingerprint density at radius 1 is 1.19 bits per heavy atom. The summed E-state index contributed by atoms with van der Waals surface area (Å²) >= 11 is 0. The van der Waals surface area contributed by atoms with Crippen LogP contribution in [0.4, 0.5) is 0 Å². The Balaban J connectivity index is 0.00000363. The number of ether oxygens (including phenoxy) is 3. The quantitative estimate of drug-likeness (QED) is 0.218. The molecule has 2 aromatic carbocycles. The number of methoxy groups -OCH3 is 2. The second kappa shape index (κ2) is 11.0. The average molecular weight is 491 g/mol. The van der Waals surface area contributed by atoms with Crippen LogP contribution in [0, 0.1) is 0 Å². The summed E-state index contributed by atoms with van der Waals surface area (Å²) in [6.45, 7) is -0.137. The summed E-state index contributed by atoms with van der Waals surface area (Å²) in [5.41, 5.74) is 0.735. The standard InChI is InChI=1S/C20H20O10S.K/c1-27-12-4-5-16-14(9-12)20(30-31(24,25)26)15(10-29-16)13-7-11(3-6-18(21)22)8-17(28-2)19(13)23;/h3-9,15,20,23H,10H2,1-2H3,(H,21,22)(H,24,25,26);/q;+1/p-1/b6-3+;/t15-,20+;/m1./s1. The maximum absolute atomic E-state index is 11.5. The minimum absolute atomic E-state index is 0. The van der Waals surface area contributed by atoms with Crippen molar-refractivity contribution in [2.75, 3.05) is 20.8 Å². The van der Waals surface area contributed by atoms with Crippen molar-refractivity contribution >= 4 is 22.4 Å². The van der Waals surface area contributed by atoms with Crippen LogP contribution in [0.1, 0.15) is 28.7 Å². The third-order valence-corrected chi connectivity index (χ3v) is 5.14. The van der Waals surface area contributed by atoms with E-state index < -0.39 is 28.4 Å². The van der Waals surface area contributed by atoms with Gasteiger partial charge >= 0.3 is 57.4 Å². The maximum atomic E-state index is 11.5. The number of carboxylic acid groups (broad SMARTS) is 1. The summed E-state index contributed by atoms with van der Waals surface area (Å²) in [7, 11) is -2.42. The zero-order valence-corrected chi connectivity index (χ0v) is 21.4. The van der Waals surface area contributed by atoms with Gasteiger partial charge in [-0.05, 0) is 42.0 Å². The SMILES string of the molecule is COc1ccc2c(c1)[C@H](OS(=O)(=O)[O-])[C@@H](c1cc(/C=C/C(=O)O)cc(OC)c1O)CO2.[K+]. The second-order valence-corrected chi connectivity index (χ2v) is 7.59. The van der Waals surface area contributed by atoms with Crippen molar-refractivity contribution in [3.8, 4) is 23.0 Å². The van der Waals surface area contributed by atoms with Crippen molar-refractivity contribution in [2.45, 2.75) is 12.0 Å². The van der Waals surface area contributed by atoms with E-state index in [1.54, 1.807) is 12.1 Å². The number of aromatic hydroxyl groups is 1. The Morgan fingerprint density at radius 2 is 1.91 bits per heavy atom. The molecule has 2 N–H and O–H groups in total. The van der Waals surface area contributed by atoms with Crippen molar-refractivity contribution in [3.05, 3.63) is 53.1 Å². The van der Waals surface area contributed by atoms with Crippen LogP contribution in [0.25, 0.3) is 6.08 Å². The summed E-state index contributed by atoms with van der Waals surface area (Å²) in [6.07, 6.45) is 0.827. The number of phenols is 1. The van der Waals surface area contributed by atoms with E-state index in [0.29, 0.717) is 17.1 Å². The van der Waals surface area contributed by atoms with Gasteiger partial charge in [0.1, 0.15) is 17.6 Å². The molecule has 0 fully saturated rings. The molecule has 0 saturated carbocycles. The summed E-state index contributed by atoms with van der Waals surface area (Å²) in [5, 5.41) is 19.6. The molecule has 1 aliphatic heterocycles. The zero-order chi connectivity index (χ0) is 22.8. The van der Waals surface area contributed by atoms with Crippen molar-refractivity contribution in [1.29, 1.82) is 0 Å². The van der Waals surface area contributed by atoms with Gasteiger partial charge in [-0.25, -0.2) is 13.2 Å². The van der Waals surface area contributed by atoms with Crippen LogP contribution in [0.15, 0.2) is 36.4 Å². The van der Waals surface area contributed by atoms with Crippen LogP contribution in [-0.2, 0) is 19.4 Å². The van der Waals surface area contributed by atoms with Crippen LogP contribution >= 0.6 is 0 Å². The predicted octanol–water partition coefficient (Wildman–Crippen LogP) is -0.795. The zero-order valence-electron chi connectivity index (χ0n) is 17.5. The second-order valence-electron chi connectivity index (χ2n) is 6.58. The number of carboxylic acids is 1. The normalized spacial score (nSPS) is 17.7. The number of hydrogen-bond acceptors (Lipinski definition) is 9. The van der Waals surface area contributed by atoms with Crippen LogP contribution in [0.5, 0.6) is 23.0 Å². The fourth-order valence-corrected chi connectivity index (χ4v) is 3.84. The van der Waals surface area contributed by atoms with Crippen molar-refractivity contribution in [3.63, 3.8) is 0 Å². The van der Waals surface area contributed by atoms with Gasteiger partial charge in [0, 0.05) is 17.2 Å². The number of fused-ring (bicyclic) bond motifs is 1. The van der Waals surface area contributed by atoms with Gasteiger partial charge < -0.3 is 29.0 Å². The Hall–Kier alpha value is -1.64. The van der Waals surface area contributed by atoms with Crippen molar-refractivity contribution < 1.29 is 97.8 Å². The van der Waals surface area contributed by atoms with E-state index in [4.69, 9.17) is 23.5 Å². The first-order valence-corrected chi connectivity index (χ1v) is 10.2. The summed E-state index contributed by atoms with van der Waals surface area (Å²) in [4.78, 5) is 10.9. The molecule has 10 nitrogen and oxygen atoms in total. The van der Waals surface area contributed by atoms with Gasteiger partial charge in [0.05, 0.1) is 26.7 Å². The van der Waals surface area contributed by atoms with E-state index in [0.717, 1.165) is 6.08 Å². The monoisotopic (exact) mass is 490 g/mol. The minimum Gasteiger partial charge on any atom is -0.726 e. The molecule has 0 aliphatic carbocycles. The molecule has 2 aromatic rings. The van der Waals surface area contributed by atoms with E-state index >= 15 is 0 Å². The molecule has 0 radical (unpaired) electrons. The molecule has 0 spiro atoms. The average Bonchev–Trinajstić information content (AvgIpc) is 2.72. The van der Waals surface area contributed by atoms with Crippen LogP contribution in [-0.4, -0.2) is 50.0 Å². The number of benzene rings is 2. The molecule has 0 aromatic heterocycles. The molecule has 12 heteroatoms. The van der Waals surface area contributed by atoms with E-state index in [1.807, 2.05) is 0 Å². The number of carbonyl (C=O) groups is 1. The smallest absolute Gasteiger partial charge is 0.726 e. The van der Waals surface area contributed by atoms with Gasteiger partial charge in [0.25, 0.3) is 0 Å². The topological polar surface area (TPSA) is 152 Å². The summed E-state index contributed by atoms with van der Waals surface area (Å²) in [5.74, 6) is -1.78. The summed E-state index contributed by atoms with van der Waals surface area (Å²) < 4.78 is 55.3. The molecule has 1 heterocycles. The Kier molecular flexibility index (Phi) is 9.13. The fraction of sp³-hybridized carbons (Fsp3) is 0.250. The predicted molar refractivity (Wildman–Crippen MR) is 106 cm³/mol. The van der Waals surface area contributed by atoms with Gasteiger partial charge in [0.15, 0.2) is 11.5 Å². The van der Waals surface area contributed by atoms with E-state index in [9.17, 15) is 22.9 Å². The Bertz CT molecular complexity index is 1130. The largest absolute Gasteiger partial charge is 1.00 e. The van der Waals surface area contributed by atoms with Crippen LogP contribution in [0.3, 0.4) is 0 Å². The van der Waals surface area contributed by atoms with E-state index in [-0.39, 0.29) is 80.6 Å². The molecule has 0 saturated heterocycles. The molecule has 2 atom stereocenters. The molecular weight excluding hydrogens is 471 g/mol. The fourth-order valence-electron chi connectivity index (χ4n) is 3.34. The molecule has 1 aliphatic rings. The molecule has 166 valence electrons. The molecule has 0 bridgehead atoms. The molecule has 0 unspecified atom stereocenters. The number of hydrogen-bond donors (Lipinski definition) is 2. The van der Waals surface area contributed by atoms with E-state index in [2.05, 4.69) is 0 Å². The molecule has 0 amide bonds. The van der Waals surface area contributed by atoms with Gasteiger partial charge in [0.2, 0.25) is 10.4 Å². The van der Waals surface area contributed by atoms with Gasteiger partial charge in [-0.2, -0.15) is 0 Å². The third-order valence-electron chi connectivity index (χ3n) is 4.69.